The predicted octanol–water partition coefficient (Wildman–Crippen LogP) is 18.3. The second-order valence-electron chi connectivity index (χ2n) is 20.5. The summed E-state index contributed by atoms with van der Waals surface area (Å²) in [6, 6.07) is 88.2. The van der Waals surface area contributed by atoms with Crippen molar-refractivity contribution in [1.29, 1.82) is 0 Å². The van der Waals surface area contributed by atoms with Gasteiger partial charge < -0.3 is 4.90 Å². The van der Waals surface area contributed by atoms with E-state index in [0.717, 1.165) is 17.1 Å². The Labute approximate surface area is 403 Å². The maximum atomic E-state index is 2.57. The van der Waals surface area contributed by atoms with Crippen LogP contribution < -0.4 is 4.90 Å². The second kappa shape index (κ2) is 16.8. The topological polar surface area (TPSA) is 3.24 Å². The number of benzene rings is 10. The van der Waals surface area contributed by atoms with Crippen molar-refractivity contribution in [3.8, 4) is 44.5 Å². The summed E-state index contributed by atoms with van der Waals surface area (Å²) in [6.07, 6.45) is 0. The van der Waals surface area contributed by atoms with Crippen molar-refractivity contribution in [1.82, 2.24) is 0 Å². The largest absolute Gasteiger partial charge is 0.309 e. The molecule has 330 valence electrons. The lowest BCUT2D eigenvalue weighted by Gasteiger charge is -2.34. The summed E-state index contributed by atoms with van der Waals surface area (Å²) in [4.78, 5) is 2.57. The van der Waals surface area contributed by atoms with Gasteiger partial charge in [0.15, 0.2) is 0 Å². The molecule has 68 heavy (non-hydrogen) atoms. The zero-order valence-electron chi connectivity index (χ0n) is 40.0. The number of hydrogen-bond acceptors (Lipinski definition) is 1. The average molecular weight is 876 g/mol. The maximum absolute atomic E-state index is 2.57. The van der Waals surface area contributed by atoms with Gasteiger partial charge >= 0.3 is 0 Å². The van der Waals surface area contributed by atoms with Crippen LogP contribution >= 0.6 is 0 Å². The van der Waals surface area contributed by atoms with E-state index < -0.39 is 5.41 Å². The van der Waals surface area contributed by atoms with E-state index in [9.17, 15) is 0 Å². The van der Waals surface area contributed by atoms with Gasteiger partial charge in [0.05, 0.1) is 16.8 Å². The molecule has 1 heteroatoms. The molecule has 1 aliphatic rings. The maximum Gasteiger partial charge on any atom is 0.0713 e. The van der Waals surface area contributed by atoms with E-state index in [2.05, 4.69) is 283 Å². The highest BCUT2D eigenvalue weighted by Gasteiger charge is 2.47. The Bertz CT molecular complexity index is 3380. The normalized spacial score (nSPS) is 13.0. The van der Waals surface area contributed by atoms with Gasteiger partial charge in [-0.2, -0.15) is 0 Å². The Kier molecular flexibility index (Phi) is 10.6. The first-order valence-corrected chi connectivity index (χ1v) is 24.1. The van der Waals surface area contributed by atoms with E-state index in [1.807, 2.05) is 0 Å². The highest BCUT2D eigenvalue weighted by Crippen LogP contribution is 2.59. The first-order valence-electron chi connectivity index (χ1n) is 24.1. The van der Waals surface area contributed by atoms with Crippen LogP contribution in [0.1, 0.15) is 74.9 Å². The standard InChI is InChI=1S/C67H57N/c1-65(2,3)50-43-51(66(4,5)6)45-52(44-50)68(61-41-20-17-33-54(61)56-37-23-28-47-27-22-36-53(63(47)56)46-25-10-7-11-26-46)62-42-21-18-34-55(62)57-38-24-40-60-64(57)58-35-16-19-39-59(58)67(60,48-29-12-8-13-30-48)49-31-14-9-15-32-49/h7-45H,1-6H3. The lowest BCUT2D eigenvalue weighted by Crippen LogP contribution is -2.28. The van der Waals surface area contributed by atoms with Crippen LogP contribution in [0.2, 0.25) is 0 Å². The molecule has 0 saturated heterocycles. The lowest BCUT2D eigenvalue weighted by molar-refractivity contribution is 0.569. The molecule has 0 atom stereocenters. The van der Waals surface area contributed by atoms with Gasteiger partial charge in [0.25, 0.3) is 0 Å². The molecular formula is C67H57N. The van der Waals surface area contributed by atoms with E-state index in [1.165, 1.54) is 88.7 Å². The average Bonchev–Trinajstić information content (AvgIpc) is 3.68. The Hall–Kier alpha value is -7.74. The van der Waals surface area contributed by atoms with Gasteiger partial charge in [-0.05, 0) is 113 Å². The van der Waals surface area contributed by atoms with E-state index in [0.29, 0.717) is 0 Å². The molecular weight excluding hydrogens is 819 g/mol. The third-order valence-corrected chi connectivity index (χ3v) is 14.3. The van der Waals surface area contributed by atoms with Crippen molar-refractivity contribution < 1.29 is 0 Å². The Morgan fingerprint density at radius 1 is 0.338 bits per heavy atom. The van der Waals surface area contributed by atoms with Crippen LogP contribution in [0, 0.1) is 0 Å². The molecule has 0 radical (unpaired) electrons. The van der Waals surface area contributed by atoms with Gasteiger partial charge in [0, 0.05) is 16.8 Å². The van der Waals surface area contributed by atoms with E-state index in [4.69, 9.17) is 0 Å². The van der Waals surface area contributed by atoms with E-state index in [-0.39, 0.29) is 10.8 Å². The minimum atomic E-state index is -0.515. The van der Waals surface area contributed by atoms with Crippen molar-refractivity contribution in [3.05, 3.63) is 270 Å². The molecule has 0 bridgehead atoms. The number of fused-ring (bicyclic) bond motifs is 4. The Morgan fingerprint density at radius 2 is 0.765 bits per heavy atom. The fourth-order valence-electron chi connectivity index (χ4n) is 10.9. The summed E-state index contributed by atoms with van der Waals surface area (Å²) >= 11 is 0. The number of anilines is 3. The molecule has 0 unspecified atom stereocenters. The fourth-order valence-corrected chi connectivity index (χ4v) is 10.9. The van der Waals surface area contributed by atoms with Gasteiger partial charge in [0.1, 0.15) is 0 Å². The van der Waals surface area contributed by atoms with Gasteiger partial charge in [-0.25, -0.2) is 0 Å². The van der Waals surface area contributed by atoms with Gasteiger partial charge in [0.2, 0.25) is 0 Å². The second-order valence-corrected chi connectivity index (χ2v) is 20.5. The molecule has 0 fully saturated rings. The molecule has 0 saturated carbocycles. The van der Waals surface area contributed by atoms with Crippen LogP contribution in [0.3, 0.4) is 0 Å². The van der Waals surface area contributed by atoms with Crippen molar-refractivity contribution in [3.63, 3.8) is 0 Å². The molecule has 0 spiro atoms. The number of hydrogen-bond donors (Lipinski definition) is 0. The zero-order valence-corrected chi connectivity index (χ0v) is 40.0. The van der Waals surface area contributed by atoms with Crippen LogP contribution in [0.25, 0.3) is 55.3 Å². The number of para-hydroxylation sites is 2. The summed E-state index contributed by atoms with van der Waals surface area (Å²) < 4.78 is 0. The molecule has 0 amide bonds. The summed E-state index contributed by atoms with van der Waals surface area (Å²) in [6.45, 7) is 14.0. The lowest BCUT2D eigenvalue weighted by atomic mass is 9.67. The number of rotatable bonds is 8. The van der Waals surface area contributed by atoms with Crippen molar-refractivity contribution >= 4 is 27.8 Å². The third-order valence-electron chi connectivity index (χ3n) is 14.3. The van der Waals surface area contributed by atoms with Gasteiger partial charge in [-0.3, -0.25) is 0 Å². The van der Waals surface area contributed by atoms with E-state index >= 15 is 0 Å². The van der Waals surface area contributed by atoms with Crippen LogP contribution in [0.5, 0.6) is 0 Å². The van der Waals surface area contributed by atoms with Crippen LogP contribution in [-0.2, 0) is 16.2 Å². The molecule has 1 nitrogen and oxygen atoms in total. The molecule has 0 heterocycles. The fraction of sp³-hybridized carbons (Fsp3) is 0.134. The van der Waals surface area contributed by atoms with Gasteiger partial charge in [-0.1, -0.05) is 254 Å². The summed E-state index contributed by atoms with van der Waals surface area (Å²) in [5.41, 5.74) is 20.1. The zero-order chi connectivity index (χ0) is 46.6. The van der Waals surface area contributed by atoms with Crippen LogP contribution in [0.4, 0.5) is 17.1 Å². The minimum absolute atomic E-state index is 0.0941. The van der Waals surface area contributed by atoms with Crippen molar-refractivity contribution in [2.45, 2.75) is 57.8 Å². The highest BCUT2D eigenvalue weighted by molar-refractivity contribution is 6.09. The predicted molar refractivity (Wildman–Crippen MR) is 290 cm³/mol. The van der Waals surface area contributed by atoms with Crippen molar-refractivity contribution in [2.75, 3.05) is 4.90 Å². The quantitative estimate of drug-likeness (QED) is 0.147. The van der Waals surface area contributed by atoms with Gasteiger partial charge in [-0.15, -0.1) is 0 Å². The Morgan fingerprint density at radius 3 is 1.34 bits per heavy atom. The molecule has 0 aromatic heterocycles. The molecule has 10 aromatic carbocycles. The van der Waals surface area contributed by atoms with Crippen molar-refractivity contribution in [2.24, 2.45) is 0 Å². The van der Waals surface area contributed by atoms with E-state index in [1.54, 1.807) is 0 Å². The van der Waals surface area contributed by atoms with Crippen LogP contribution in [0.15, 0.2) is 237 Å². The Balaban J connectivity index is 1.23. The minimum Gasteiger partial charge on any atom is -0.309 e. The number of nitrogens with zero attached hydrogens (tertiary/aromatic N) is 1. The molecule has 10 aromatic rings. The highest BCUT2D eigenvalue weighted by atomic mass is 15.1. The summed E-state index contributed by atoms with van der Waals surface area (Å²) in [5, 5.41) is 2.46. The first kappa shape index (κ1) is 42.9. The SMILES string of the molecule is CC(C)(C)c1cc(N(c2ccccc2-c2cccc3c2-c2ccccc2C3(c2ccccc2)c2ccccc2)c2ccccc2-c2cccc3cccc(-c4ccccc4)c23)cc(C(C)(C)C)c1. The molecule has 0 N–H and O–H groups in total. The molecule has 11 rings (SSSR count). The first-order chi connectivity index (χ1) is 33.0. The summed E-state index contributed by atoms with van der Waals surface area (Å²) in [7, 11) is 0. The monoisotopic (exact) mass is 875 g/mol. The summed E-state index contributed by atoms with van der Waals surface area (Å²) in [5.74, 6) is 0. The molecule has 0 aliphatic heterocycles. The molecule has 1 aliphatic carbocycles. The van der Waals surface area contributed by atoms with Crippen LogP contribution in [-0.4, -0.2) is 0 Å². The smallest absolute Gasteiger partial charge is 0.0713 e. The third kappa shape index (κ3) is 7.17.